The summed E-state index contributed by atoms with van der Waals surface area (Å²) in [6.45, 7) is 2.24. The molecule has 1 saturated carbocycles. The summed E-state index contributed by atoms with van der Waals surface area (Å²) in [5.74, 6) is -17.7. The van der Waals surface area contributed by atoms with Crippen LogP contribution in [-0.4, -0.2) is 29.9 Å². The van der Waals surface area contributed by atoms with Crippen LogP contribution in [0.15, 0.2) is 35.9 Å². The second-order valence-electron chi connectivity index (χ2n) is 12.9. The summed E-state index contributed by atoms with van der Waals surface area (Å²) in [6, 6.07) is 7.51. The fourth-order valence-corrected chi connectivity index (χ4v) is 6.38. The minimum absolute atomic E-state index is 0.100. The zero-order valence-electron chi connectivity index (χ0n) is 25.9. The maximum Gasteiger partial charge on any atom is 0.460 e. The van der Waals surface area contributed by atoms with E-state index in [1.807, 2.05) is 12.1 Å². The summed E-state index contributed by atoms with van der Waals surface area (Å²) < 4.78 is 123. The van der Waals surface area contributed by atoms with Crippen molar-refractivity contribution in [2.75, 3.05) is 0 Å². The number of unbranched alkanes of at least 4 members (excludes halogenated alkanes) is 3. The molecule has 0 bridgehead atoms. The molecule has 0 radical (unpaired) electrons. The lowest BCUT2D eigenvalue weighted by molar-refractivity contribution is -0.396. The fourth-order valence-electron chi connectivity index (χ4n) is 6.38. The van der Waals surface area contributed by atoms with E-state index in [9.17, 15) is 44.3 Å². The Hall–Kier alpha value is -2.20. The van der Waals surface area contributed by atoms with Crippen LogP contribution in [0.25, 0.3) is 0 Å². The maximum absolute atomic E-state index is 13.7. The smallest absolute Gasteiger partial charge is 0.426 e. The number of allylic oxidation sites excluding steroid dienone is 2. The highest BCUT2D eigenvalue weighted by molar-refractivity contribution is 5.75. The number of halogens is 9. The first-order valence-corrected chi connectivity index (χ1v) is 16.3. The molecule has 0 aromatic heterocycles. The molecule has 1 fully saturated rings. The minimum Gasteiger partial charge on any atom is -0.426 e. The fraction of sp³-hybridized carbons (Fsp3) is 0.735. The second-order valence-corrected chi connectivity index (χ2v) is 12.9. The molecule has 0 heterocycles. The van der Waals surface area contributed by atoms with Gasteiger partial charge in [-0.15, -0.1) is 0 Å². The van der Waals surface area contributed by atoms with E-state index in [-0.39, 0.29) is 12.8 Å². The SMILES string of the molecule is CCCCCC1CCC(CCc2ccc(OC(=O)C3CC=C(CCCCC(F)(F)C(F)(F)C(F)(F)C(F)(F)F)CC3)cc2)CC1. The molecular weight excluding hydrogens is 611 g/mol. The van der Waals surface area contributed by atoms with Crippen LogP contribution in [-0.2, 0) is 11.2 Å². The summed E-state index contributed by atoms with van der Waals surface area (Å²) in [5.41, 5.74) is 1.98. The van der Waals surface area contributed by atoms with Crippen molar-refractivity contribution in [1.82, 2.24) is 0 Å². The topological polar surface area (TPSA) is 26.3 Å². The van der Waals surface area contributed by atoms with E-state index in [2.05, 4.69) is 6.92 Å². The molecule has 2 aliphatic carbocycles. The number of hydrogen-bond donors (Lipinski definition) is 0. The van der Waals surface area contributed by atoms with Crippen molar-refractivity contribution in [2.24, 2.45) is 17.8 Å². The summed E-state index contributed by atoms with van der Waals surface area (Å²) >= 11 is 0. The zero-order valence-corrected chi connectivity index (χ0v) is 25.9. The van der Waals surface area contributed by atoms with Crippen LogP contribution >= 0.6 is 0 Å². The van der Waals surface area contributed by atoms with Crippen molar-refractivity contribution in [3.63, 3.8) is 0 Å². The van der Waals surface area contributed by atoms with Crippen LogP contribution in [0.2, 0.25) is 0 Å². The van der Waals surface area contributed by atoms with E-state index in [1.54, 1.807) is 18.2 Å². The molecular formula is C34H45F9O2. The number of alkyl halides is 9. The third kappa shape index (κ3) is 10.1. The highest BCUT2D eigenvalue weighted by atomic mass is 19.4. The van der Waals surface area contributed by atoms with Crippen LogP contribution in [0.4, 0.5) is 39.5 Å². The Morgan fingerprint density at radius 3 is 1.93 bits per heavy atom. The predicted octanol–water partition coefficient (Wildman–Crippen LogP) is 11.7. The maximum atomic E-state index is 13.7. The first kappa shape index (κ1) is 37.3. The van der Waals surface area contributed by atoms with E-state index in [1.165, 1.54) is 56.9 Å². The number of ether oxygens (including phenoxy) is 1. The number of esters is 1. The Bertz CT molecular complexity index is 1090. The van der Waals surface area contributed by atoms with Gasteiger partial charge in [-0.3, -0.25) is 4.79 Å². The minimum atomic E-state index is -6.85. The monoisotopic (exact) mass is 656 g/mol. The largest absolute Gasteiger partial charge is 0.460 e. The Labute approximate surface area is 260 Å². The Balaban J connectivity index is 1.35. The molecule has 256 valence electrons. The molecule has 2 nitrogen and oxygen atoms in total. The van der Waals surface area contributed by atoms with Crippen LogP contribution in [0.5, 0.6) is 5.75 Å². The van der Waals surface area contributed by atoms with E-state index in [4.69, 9.17) is 4.74 Å². The van der Waals surface area contributed by atoms with Gasteiger partial charge in [0.05, 0.1) is 5.92 Å². The number of carbonyl (C=O) groups is 1. The molecule has 0 saturated heterocycles. The van der Waals surface area contributed by atoms with Gasteiger partial charge in [0.15, 0.2) is 0 Å². The molecule has 3 rings (SSSR count). The summed E-state index contributed by atoms with van der Waals surface area (Å²) in [7, 11) is 0. The van der Waals surface area contributed by atoms with Crippen LogP contribution in [0.3, 0.4) is 0 Å². The molecule has 0 amide bonds. The molecule has 1 atom stereocenters. The van der Waals surface area contributed by atoms with Crippen molar-refractivity contribution in [3.05, 3.63) is 41.5 Å². The molecule has 2 aliphatic rings. The van der Waals surface area contributed by atoms with Crippen molar-refractivity contribution in [1.29, 1.82) is 0 Å². The van der Waals surface area contributed by atoms with E-state index >= 15 is 0 Å². The number of aryl methyl sites for hydroxylation is 1. The summed E-state index contributed by atoms with van der Waals surface area (Å²) in [6.07, 6.45) is 6.41. The summed E-state index contributed by atoms with van der Waals surface area (Å²) in [5, 5.41) is 0. The predicted molar refractivity (Wildman–Crippen MR) is 155 cm³/mol. The molecule has 0 spiro atoms. The third-order valence-electron chi connectivity index (χ3n) is 9.45. The standard InChI is InChI=1S/C34H45F9O2/c1-2-3-4-7-24-9-11-26(12-10-24)13-14-27-17-21-29(22-18-27)45-30(44)28-19-15-25(16-20-28)8-5-6-23-31(35,36)32(37,38)33(39,40)34(41,42)43/h15,17-18,21-22,24,26,28H,2-14,16,19-20,23H2,1H3. The van der Waals surface area contributed by atoms with E-state index in [0.717, 1.165) is 30.3 Å². The van der Waals surface area contributed by atoms with E-state index < -0.39 is 48.7 Å². The van der Waals surface area contributed by atoms with Gasteiger partial charge < -0.3 is 4.74 Å². The van der Waals surface area contributed by atoms with Crippen LogP contribution in [0.1, 0.15) is 115 Å². The lowest BCUT2D eigenvalue weighted by Crippen LogP contribution is -2.60. The van der Waals surface area contributed by atoms with Gasteiger partial charge in [-0.25, -0.2) is 0 Å². The summed E-state index contributed by atoms with van der Waals surface area (Å²) in [4.78, 5) is 12.7. The Morgan fingerprint density at radius 1 is 0.756 bits per heavy atom. The Kier molecular flexibility index (Phi) is 13.3. The molecule has 1 aromatic carbocycles. The number of carbonyl (C=O) groups excluding carboxylic acids is 1. The quantitative estimate of drug-likeness (QED) is 0.0582. The van der Waals surface area contributed by atoms with Crippen molar-refractivity contribution >= 4 is 5.97 Å². The molecule has 0 aliphatic heterocycles. The highest BCUT2D eigenvalue weighted by Gasteiger charge is 2.81. The normalized spacial score (nSPS) is 21.8. The lowest BCUT2D eigenvalue weighted by Gasteiger charge is -2.33. The molecule has 45 heavy (non-hydrogen) atoms. The van der Waals surface area contributed by atoms with Gasteiger partial charge in [0.2, 0.25) is 0 Å². The Morgan fingerprint density at radius 2 is 1.38 bits per heavy atom. The third-order valence-corrected chi connectivity index (χ3v) is 9.45. The first-order chi connectivity index (χ1) is 21.1. The number of hydrogen-bond acceptors (Lipinski definition) is 2. The molecule has 1 aromatic rings. The van der Waals surface area contributed by atoms with Gasteiger partial charge in [0.25, 0.3) is 0 Å². The number of rotatable bonds is 16. The van der Waals surface area contributed by atoms with Crippen LogP contribution < -0.4 is 4.74 Å². The lowest BCUT2D eigenvalue weighted by atomic mass is 9.78. The van der Waals surface area contributed by atoms with Gasteiger partial charge >= 0.3 is 29.9 Å². The second kappa shape index (κ2) is 16.1. The van der Waals surface area contributed by atoms with Gasteiger partial charge in [-0.1, -0.05) is 82.1 Å². The molecule has 11 heteroatoms. The van der Waals surface area contributed by atoms with Gasteiger partial charge in [0, 0.05) is 6.42 Å². The average Bonchev–Trinajstić information content (AvgIpc) is 2.99. The first-order valence-electron chi connectivity index (χ1n) is 16.3. The molecule has 1 unspecified atom stereocenters. The van der Waals surface area contributed by atoms with Crippen LogP contribution in [0, 0.1) is 17.8 Å². The zero-order chi connectivity index (χ0) is 33.3. The van der Waals surface area contributed by atoms with Gasteiger partial charge in [0.1, 0.15) is 5.75 Å². The number of benzene rings is 1. The van der Waals surface area contributed by atoms with Crippen molar-refractivity contribution in [3.8, 4) is 5.75 Å². The highest BCUT2D eigenvalue weighted by Crippen LogP contribution is 2.54. The van der Waals surface area contributed by atoms with Gasteiger partial charge in [-0.2, -0.15) is 39.5 Å². The molecule has 0 N–H and O–H groups in total. The van der Waals surface area contributed by atoms with Crippen molar-refractivity contribution in [2.45, 2.75) is 140 Å². The average molecular weight is 657 g/mol. The van der Waals surface area contributed by atoms with E-state index in [0.29, 0.717) is 25.0 Å². The van der Waals surface area contributed by atoms with Crippen molar-refractivity contribution < 1.29 is 49.0 Å². The van der Waals surface area contributed by atoms with Gasteiger partial charge in [-0.05, 0) is 80.9 Å².